The molecule has 8 heteroatoms. The van der Waals surface area contributed by atoms with Gasteiger partial charge in [-0.25, -0.2) is 13.1 Å². The van der Waals surface area contributed by atoms with Crippen LogP contribution in [0.4, 0.5) is 0 Å². The van der Waals surface area contributed by atoms with Crippen LogP contribution in [-0.4, -0.2) is 50.7 Å². The quantitative estimate of drug-likeness (QED) is 0.760. The molecule has 20 heavy (non-hydrogen) atoms. The maximum atomic E-state index is 12.3. The summed E-state index contributed by atoms with van der Waals surface area (Å²) in [5.41, 5.74) is 5.77. The fraction of sp³-hybridized carbons (Fsp3) is 0.917. The Morgan fingerprint density at radius 2 is 2.00 bits per heavy atom. The van der Waals surface area contributed by atoms with E-state index in [9.17, 15) is 13.2 Å². The van der Waals surface area contributed by atoms with Crippen LogP contribution in [0.25, 0.3) is 0 Å². The number of rotatable bonds is 5. The number of hydrogen-bond donors (Lipinski definition) is 2. The van der Waals surface area contributed by atoms with Crippen LogP contribution in [0, 0.1) is 5.92 Å². The third-order valence-electron chi connectivity index (χ3n) is 3.67. The Kier molecular flexibility index (Phi) is 8.01. The lowest BCUT2D eigenvalue weighted by Gasteiger charge is -2.38. The smallest absolute Gasteiger partial charge is 0.227 e. The van der Waals surface area contributed by atoms with Crippen LogP contribution < -0.4 is 10.5 Å². The van der Waals surface area contributed by atoms with Crippen molar-refractivity contribution in [2.24, 2.45) is 11.7 Å². The molecule has 3 N–H and O–H groups in total. The normalized spacial score (nSPS) is 22.8. The van der Waals surface area contributed by atoms with Crippen molar-refractivity contribution in [3.05, 3.63) is 0 Å². The van der Waals surface area contributed by atoms with E-state index in [0.29, 0.717) is 6.54 Å². The molecule has 1 amide bonds. The van der Waals surface area contributed by atoms with Crippen LogP contribution in [0.3, 0.4) is 0 Å². The zero-order chi connectivity index (χ0) is 14.6. The number of nitrogens with two attached hydrogens (primary N) is 1. The van der Waals surface area contributed by atoms with E-state index in [4.69, 9.17) is 5.73 Å². The van der Waals surface area contributed by atoms with E-state index < -0.39 is 10.0 Å². The molecule has 1 fully saturated rings. The predicted octanol–water partition coefficient (Wildman–Crippen LogP) is 0.322. The lowest BCUT2D eigenvalue weighted by molar-refractivity contribution is -0.139. The Morgan fingerprint density at radius 1 is 1.40 bits per heavy atom. The Balaban J connectivity index is 0.00000361. The number of halogens is 1. The molecule has 1 heterocycles. The van der Waals surface area contributed by atoms with Crippen LogP contribution in [0.2, 0.25) is 0 Å². The summed E-state index contributed by atoms with van der Waals surface area (Å²) in [6, 6.07) is -0.255. The Bertz CT molecular complexity index is 414. The third kappa shape index (κ3) is 5.95. The number of nitrogens with zero attached hydrogens (tertiary/aromatic N) is 1. The largest absolute Gasteiger partial charge is 0.338 e. The number of piperidine rings is 1. The summed E-state index contributed by atoms with van der Waals surface area (Å²) in [6.45, 7) is 4.61. The highest BCUT2D eigenvalue weighted by atomic mass is 35.5. The first-order valence-corrected chi connectivity index (χ1v) is 8.62. The topological polar surface area (TPSA) is 92.5 Å². The number of sulfonamides is 1. The van der Waals surface area contributed by atoms with E-state index in [0.717, 1.165) is 25.5 Å². The second kappa shape index (κ2) is 8.17. The van der Waals surface area contributed by atoms with Gasteiger partial charge in [-0.3, -0.25) is 4.79 Å². The van der Waals surface area contributed by atoms with Crippen LogP contribution >= 0.6 is 12.4 Å². The van der Waals surface area contributed by atoms with E-state index in [-0.39, 0.29) is 42.9 Å². The van der Waals surface area contributed by atoms with Crippen molar-refractivity contribution in [2.45, 2.75) is 45.2 Å². The minimum absolute atomic E-state index is 0. The minimum atomic E-state index is -3.22. The van der Waals surface area contributed by atoms with Gasteiger partial charge in [0, 0.05) is 25.2 Å². The summed E-state index contributed by atoms with van der Waals surface area (Å²) < 4.78 is 24.8. The highest BCUT2D eigenvalue weighted by molar-refractivity contribution is 7.88. The van der Waals surface area contributed by atoms with Crippen molar-refractivity contribution in [2.75, 3.05) is 19.3 Å². The Hall–Kier alpha value is -0.370. The van der Waals surface area contributed by atoms with Gasteiger partial charge in [-0.15, -0.1) is 12.4 Å². The summed E-state index contributed by atoms with van der Waals surface area (Å²) >= 11 is 0. The van der Waals surface area contributed by atoms with Gasteiger partial charge >= 0.3 is 0 Å². The molecule has 3 atom stereocenters. The number of carbonyl (C=O) groups excluding carboxylic acids is 1. The maximum absolute atomic E-state index is 12.3. The molecule has 6 nitrogen and oxygen atoms in total. The summed E-state index contributed by atoms with van der Waals surface area (Å²) in [5, 5.41) is 0. The first kappa shape index (κ1) is 19.6. The van der Waals surface area contributed by atoms with Gasteiger partial charge in [-0.05, 0) is 26.2 Å². The average Bonchev–Trinajstić information content (AvgIpc) is 2.34. The molecule has 0 radical (unpaired) electrons. The Labute approximate surface area is 127 Å². The second-order valence-corrected chi connectivity index (χ2v) is 7.28. The summed E-state index contributed by atoms with van der Waals surface area (Å²) in [4.78, 5) is 14.1. The lowest BCUT2D eigenvalue weighted by Crippen LogP contribution is -2.52. The SMILES string of the molecule is CC(N)C(C)C(=O)N1CCCCC1CNS(C)(=O)=O.Cl. The molecule has 0 aliphatic carbocycles. The van der Waals surface area contributed by atoms with Crippen LogP contribution in [0.15, 0.2) is 0 Å². The molecule has 120 valence electrons. The summed E-state index contributed by atoms with van der Waals surface area (Å²) in [5.74, 6) is -0.214. The number of carbonyl (C=O) groups is 1. The van der Waals surface area contributed by atoms with Gasteiger partial charge in [-0.2, -0.15) is 0 Å². The molecule has 1 aliphatic heterocycles. The molecular formula is C12H26ClN3O3S. The first-order chi connectivity index (χ1) is 8.72. The van der Waals surface area contributed by atoms with E-state index >= 15 is 0 Å². The molecule has 1 saturated heterocycles. The number of nitrogens with one attached hydrogen (secondary N) is 1. The van der Waals surface area contributed by atoms with Crippen molar-refractivity contribution in [1.82, 2.24) is 9.62 Å². The summed E-state index contributed by atoms with van der Waals surface area (Å²) in [6.07, 6.45) is 3.95. The molecule has 0 aromatic carbocycles. The van der Waals surface area contributed by atoms with Gasteiger partial charge in [0.05, 0.1) is 12.2 Å². The second-order valence-electron chi connectivity index (χ2n) is 5.45. The Morgan fingerprint density at radius 3 is 2.50 bits per heavy atom. The van der Waals surface area contributed by atoms with Crippen molar-refractivity contribution in [3.8, 4) is 0 Å². The van der Waals surface area contributed by atoms with E-state index in [2.05, 4.69) is 4.72 Å². The number of likely N-dealkylation sites (tertiary alicyclic amines) is 1. The van der Waals surface area contributed by atoms with Crippen LogP contribution in [-0.2, 0) is 14.8 Å². The van der Waals surface area contributed by atoms with E-state index in [1.807, 2.05) is 13.8 Å². The average molecular weight is 328 g/mol. The molecule has 0 aromatic rings. The van der Waals surface area contributed by atoms with Gasteiger partial charge in [0.2, 0.25) is 15.9 Å². The van der Waals surface area contributed by atoms with E-state index in [1.54, 1.807) is 4.90 Å². The molecule has 0 spiro atoms. The van der Waals surface area contributed by atoms with Gasteiger partial charge in [-0.1, -0.05) is 6.92 Å². The highest BCUT2D eigenvalue weighted by Crippen LogP contribution is 2.20. The predicted molar refractivity (Wildman–Crippen MR) is 82.3 cm³/mol. The van der Waals surface area contributed by atoms with Crippen LogP contribution in [0.1, 0.15) is 33.1 Å². The third-order valence-corrected chi connectivity index (χ3v) is 4.36. The molecule has 0 aromatic heterocycles. The van der Waals surface area contributed by atoms with Crippen molar-refractivity contribution < 1.29 is 13.2 Å². The molecular weight excluding hydrogens is 302 g/mol. The zero-order valence-electron chi connectivity index (χ0n) is 12.3. The van der Waals surface area contributed by atoms with E-state index in [1.165, 1.54) is 0 Å². The minimum Gasteiger partial charge on any atom is -0.338 e. The van der Waals surface area contributed by atoms with Gasteiger partial charge < -0.3 is 10.6 Å². The molecule has 0 saturated carbocycles. The monoisotopic (exact) mass is 327 g/mol. The van der Waals surface area contributed by atoms with Gasteiger partial charge in [0.15, 0.2) is 0 Å². The van der Waals surface area contributed by atoms with Crippen molar-refractivity contribution >= 4 is 28.3 Å². The highest BCUT2D eigenvalue weighted by Gasteiger charge is 2.31. The molecule has 1 rings (SSSR count). The molecule has 3 unspecified atom stereocenters. The standard InChI is InChI=1S/C12H25N3O3S.ClH/c1-9(10(2)13)12(16)15-7-5-4-6-11(15)8-14-19(3,17)18;/h9-11,14H,4-8,13H2,1-3H3;1H. The fourth-order valence-electron chi connectivity index (χ4n) is 2.24. The maximum Gasteiger partial charge on any atom is 0.227 e. The first-order valence-electron chi connectivity index (χ1n) is 6.73. The number of hydrogen-bond acceptors (Lipinski definition) is 4. The van der Waals surface area contributed by atoms with Gasteiger partial charge in [0.25, 0.3) is 0 Å². The van der Waals surface area contributed by atoms with Crippen LogP contribution in [0.5, 0.6) is 0 Å². The fourth-order valence-corrected chi connectivity index (χ4v) is 2.73. The van der Waals surface area contributed by atoms with Gasteiger partial charge in [0.1, 0.15) is 0 Å². The summed E-state index contributed by atoms with van der Waals surface area (Å²) in [7, 11) is -3.22. The van der Waals surface area contributed by atoms with Crippen molar-refractivity contribution in [1.29, 1.82) is 0 Å². The zero-order valence-corrected chi connectivity index (χ0v) is 14.0. The molecule has 1 aliphatic rings. The number of amides is 1. The van der Waals surface area contributed by atoms with Crippen molar-refractivity contribution in [3.63, 3.8) is 0 Å². The molecule has 0 bridgehead atoms. The lowest BCUT2D eigenvalue weighted by atomic mass is 9.97.